The molecule has 0 aliphatic carbocycles. The van der Waals surface area contributed by atoms with Gasteiger partial charge in [0, 0.05) is 13.2 Å². The summed E-state index contributed by atoms with van der Waals surface area (Å²) in [7, 11) is -3.71. The smallest absolute Gasteiger partial charge is 0.325 e. The Balaban J connectivity index is 2.18. The van der Waals surface area contributed by atoms with Crippen LogP contribution in [0, 0.1) is 19.8 Å². The molecule has 1 aliphatic rings. The Morgan fingerprint density at radius 3 is 2.81 bits per heavy atom. The van der Waals surface area contributed by atoms with Crippen LogP contribution in [0.5, 0.6) is 0 Å². The number of carboxylic acids is 1. The maximum absolute atomic E-state index is 12.4. The maximum atomic E-state index is 12.4. The third-order valence-electron chi connectivity index (χ3n) is 3.45. The molecule has 0 saturated carbocycles. The van der Waals surface area contributed by atoms with E-state index in [2.05, 4.69) is 9.82 Å². The van der Waals surface area contributed by atoms with Gasteiger partial charge in [0.2, 0.25) is 10.0 Å². The van der Waals surface area contributed by atoms with Gasteiger partial charge in [0.25, 0.3) is 0 Å². The van der Waals surface area contributed by atoms with Crippen LogP contribution < -0.4 is 4.72 Å². The zero-order valence-electron chi connectivity index (χ0n) is 12.0. The minimum atomic E-state index is -3.71. The van der Waals surface area contributed by atoms with E-state index in [0.29, 0.717) is 31.1 Å². The van der Waals surface area contributed by atoms with E-state index < -0.39 is 16.0 Å². The quantitative estimate of drug-likeness (QED) is 0.758. The minimum absolute atomic E-state index is 0.0580. The largest absolute Gasteiger partial charge is 0.480 e. The summed E-state index contributed by atoms with van der Waals surface area (Å²) < 4.78 is 33.7. The van der Waals surface area contributed by atoms with E-state index in [9.17, 15) is 13.2 Å². The SMILES string of the molecule is Cc1nn(CC(=O)O)c(C)c1S(=O)(=O)NCC1CCOC1. The molecule has 1 saturated heterocycles. The molecule has 9 heteroatoms. The number of rotatable bonds is 6. The number of aliphatic carboxylic acids is 1. The molecule has 1 aliphatic heterocycles. The zero-order valence-corrected chi connectivity index (χ0v) is 12.8. The number of ether oxygens (including phenoxy) is 1. The third-order valence-corrected chi connectivity index (χ3v) is 5.13. The number of hydrogen-bond donors (Lipinski definition) is 2. The van der Waals surface area contributed by atoms with Crippen LogP contribution >= 0.6 is 0 Å². The Hall–Kier alpha value is -1.45. The molecule has 0 bridgehead atoms. The zero-order chi connectivity index (χ0) is 15.6. The van der Waals surface area contributed by atoms with Crippen LogP contribution in [0.25, 0.3) is 0 Å². The molecule has 2 heterocycles. The van der Waals surface area contributed by atoms with Gasteiger partial charge in [0.05, 0.1) is 18.0 Å². The Kier molecular flexibility index (Phi) is 4.64. The van der Waals surface area contributed by atoms with Gasteiger partial charge in [-0.1, -0.05) is 0 Å². The summed E-state index contributed by atoms with van der Waals surface area (Å²) in [6, 6.07) is 0. The molecule has 1 fully saturated rings. The predicted octanol–water partition coefficient (Wildman–Crippen LogP) is -0.101. The lowest BCUT2D eigenvalue weighted by atomic mass is 10.1. The normalized spacial score (nSPS) is 19.0. The second-order valence-corrected chi connectivity index (χ2v) is 6.84. The Labute approximate surface area is 123 Å². The average Bonchev–Trinajstić information content (AvgIpc) is 2.96. The van der Waals surface area contributed by atoms with Gasteiger partial charge in [0.1, 0.15) is 11.4 Å². The van der Waals surface area contributed by atoms with Gasteiger partial charge >= 0.3 is 5.97 Å². The standard InChI is InChI=1S/C12H19N3O5S/c1-8-12(9(2)15(14-8)6-11(16)17)21(18,19)13-5-10-3-4-20-7-10/h10,13H,3-7H2,1-2H3,(H,16,17). The highest BCUT2D eigenvalue weighted by atomic mass is 32.2. The molecule has 21 heavy (non-hydrogen) atoms. The van der Waals surface area contributed by atoms with Gasteiger partial charge in [-0.25, -0.2) is 13.1 Å². The Morgan fingerprint density at radius 2 is 2.24 bits per heavy atom. The van der Waals surface area contributed by atoms with E-state index in [1.807, 2.05) is 0 Å². The van der Waals surface area contributed by atoms with E-state index in [1.54, 1.807) is 13.8 Å². The van der Waals surface area contributed by atoms with Crippen molar-refractivity contribution in [2.24, 2.45) is 5.92 Å². The molecule has 1 aromatic rings. The number of nitrogens with one attached hydrogen (secondary N) is 1. The van der Waals surface area contributed by atoms with Crippen molar-refractivity contribution >= 4 is 16.0 Å². The molecule has 1 unspecified atom stereocenters. The van der Waals surface area contributed by atoms with Gasteiger partial charge < -0.3 is 9.84 Å². The van der Waals surface area contributed by atoms with Gasteiger partial charge in [-0.15, -0.1) is 0 Å². The summed E-state index contributed by atoms with van der Waals surface area (Å²) >= 11 is 0. The lowest BCUT2D eigenvalue weighted by molar-refractivity contribution is -0.137. The number of carboxylic acid groups (broad SMARTS) is 1. The van der Waals surface area contributed by atoms with E-state index >= 15 is 0 Å². The Bertz CT molecular complexity index is 632. The molecule has 2 N–H and O–H groups in total. The van der Waals surface area contributed by atoms with Crippen LogP contribution in [0.1, 0.15) is 17.8 Å². The molecule has 1 atom stereocenters. The van der Waals surface area contributed by atoms with E-state index in [4.69, 9.17) is 9.84 Å². The third kappa shape index (κ3) is 3.60. The first-order chi connectivity index (χ1) is 9.81. The summed E-state index contributed by atoms with van der Waals surface area (Å²) in [6.45, 7) is 4.26. The number of nitrogens with zero attached hydrogens (tertiary/aromatic N) is 2. The first kappa shape index (κ1) is 15.9. The summed E-state index contributed by atoms with van der Waals surface area (Å²) in [5.74, 6) is -0.893. The van der Waals surface area contributed by atoms with Crippen molar-refractivity contribution in [1.82, 2.24) is 14.5 Å². The van der Waals surface area contributed by atoms with Crippen molar-refractivity contribution in [3.63, 3.8) is 0 Å². The van der Waals surface area contributed by atoms with Crippen molar-refractivity contribution in [3.05, 3.63) is 11.4 Å². The molecular formula is C12H19N3O5S. The topological polar surface area (TPSA) is 111 Å². The number of hydrogen-bond acceptors (Lipinski definition) is 5. The van der Waals surface area contributed by atoms with Gasteiger partial charge in [0.15, 0.2) is 0 Å². The predicted molar refractivity (Wildman–Crippen MR) is 73.5 cm³/mol. The summed E-state index contributed by atoms with van der Waals surface area (Å²) in [6.07, 6.45) is 0.832. The van der Waals surface area contributed by atoms with Crippen LogP contribution in [0.15, 0.2) is 4.90 Å². The summed E-state index contributed by atoms with van der Waals surface area (Å²) in [4.78, 5) is 10.8. The summed E-state index contributed by atoms with van der Waals surface area (Å²) in [5.41, 5.74) is 0.619. The fourth-order valence-corrected chi connectivity index (χ4v) is 3.92. The van der Waals surface area contributed by atoms with Crippen LogP contribution in [0.2, 0.25) is 0 Å². The average molecular weight is 317 g/mol. The molecule has 2 rings (SSSR count). The summed E-state index contributed by atoms with van der Waals surface area (Å²) in [5, 5.41) is 12.8. The van der Waals surface area contributed by atoms with E-state index in [1.165, 1.54) is 4.68 Å². The van der Waals surface area contributed by atoms with Crippen molar-refractivity contribution in [2.75, 3.05) is 19.8 Å². The highest BCUT2D eigenvalue weighted by molar-refractivity contribution is 7.89. The number of carbonyl (C=O) groups is 1. The van der Waals surface area contributed by atoms with E-state index in [-0.39, 0.29) is 17.4 Å². The molecule has 0 spiro atoms. The highest BCUT2D eigenvalue weighted by Crippen LogP contribution is 2.20. The number of aromatic nitrogens is 2. The maximum Gasteiger partial charge on any atom is 0.325 e. The molecule has 0 aromatic carbocycles. The Morgan fingerprint density at radius 1 is 1.52 bits per heavy atom. The first-order valence-corrected chi connectivity index (χ1v) is 8.13. The number of aryl methyl sites for hydroxylation is 1. The van der Waals surface area contributed by atoms with E-state index in [0.717, 1.165) is 6.42 Å². The molecular weight excluding hydrogens is 298 g/mol. The number of sulfonamides is 1. The second kappa shape index (κ2) is 6.12. The van der Waals surface area contributed by atoms with Gasteiger partial charge in [-0.05, 0) is 26.2 Å². The van der Waals surface area contributed by atoms with Crippen molar-refractivity contribution in [1.29, 1.82) is 0 Å². The minimum Gasteiger partial charge on any atom is -0.480 e. The molecule has 0 amide bonds. The van der Waals surface area contributed by atoms with Crippen molar-refractivity contribution < 1.29 is 23.1 Å². The second-order valence-electron chi connectivity index (χ2n) is 5.13. The lowest BCUT2D eigenvalue weighted by Crippen LogP contribution is -2.30. The monoisotopic (exact) mass is 317 g/mol. The van der Waals surface area contributed by atoms with Crippen LogP contribution in [0.4, 0.5) is 0 Å². The van der Waals surface area contributed by atoms with Crippen molar-refractivity contribution in [2.45, 2.75) is 31.7 Å². The fourth-order valence-electron chi connectivity index (χ4n) is 2.40. The van der Waals surface area contributed by atoms with Crippen molar-refractivity contribution in [3.8, 4) is 0 Å². The highest BCUT2D eigenvalue weighted by Gasteiger charge is 2.26. The van der Waals surface area contributed by atoms with Crippen LogP contribution in [-0.4, -0.2) is 49.0 Å². The molecule has 118 valence electrons. The van der Waals surface area contributed by atoms with Crippen LogP contribution in [-0.2, 0) is 26.1 Å². The molecule has 0 radical (unpaired) electrons. The molecule has 8 nitrogen and oxygen atoms in total. The first-order valence-electron chi connectivity index (χ1n) is 6.64. The van der Waals surface area contributed by atoms with Crippen LogP contribution in [0.3, 0.4) is 0 Å². The van der Waals surface area contributed by atoms with Gasteiger partial charge in [-0.2, -0.15) is 5.10 Å². The lowest BCUT2D eigenvalue weighted by Gasteiger charge is -2.10. The molecule has 1 aromatic heterocycles. The van der Waals surface area contributed by atoms with Gasteiger partial charge in [-0.3, -0.25) is 9.48 Å². The fraction of sp³-hybridized carbons (Fsp3) is 0.667.